The van der Waals surface area contributed by atoms with E-state index >= 15 is 0 Å². The molecule has 312 valence electrons. The summed E-state index contributed by atoms with van der Waals surface area (Å²) in [6.07, 6.45) is 2.62. The number of nitrogens with one attached hydrogen (secondary N) is 3. The van der Waals surface area contributed by atoms with Crippen molar-refractivity contribution in [2.45, 2.75) is 84.8 Å². The predicted octanol–water partition coefficient (Wildman–Crippen LogP) is 4.39. The molecule has 2 aromatic carbocycles. The van der Waals surface area contributed by atoms with Gasteiger partial charge < -0.3 is 39.4 Å². The Hall–Kier alpha value is -5.67. The zero-order valence-electron chi connectivity index (χ0n) is 34.6. The summed E-state index contributed by atoms with van der Waals surface area (Å²) >= 11 is 0. The number of urea groups is 1. The highest BCUT2D eigenvalue weighted by Gasteiger charge is 2.41. The first-order chi connectivity index (χ1) is 27.7. The van der Waals surface area contributed by atoms with Crippen LogP contribution in [0.1, 0.15) is 58.0 Å². The van der Waals surface area contributed by atoms with Crippen LogP contribution in [-0.2, 0) is 33.8 Å². The molecule has 0 saturated carbocycles. The highest BCUT2D eigenvalue weighted by molar-refractivity contribution is 5.88. The van der Waals surface area contributed by atoms with Crippen LogP contribution in [0.15, 0.2) is 85.2 Å². The maximum Gasteiger partial charge on any atom is 0.407 e. The number of fused-ring (bicyclic) bond motifs is 1. The van der Waals surface area contributed by atoms with Crippen LogP contribution in [0.4, 0.5) is 9.59 Å². The summed E-state index contributed by atoms with van der Waals surface area (Å²) < 4.78 is 12.1. The van der Waals surface area contributed by atoms with Gasteiger partial charge in [0.2, 0.25) is 5.91 Å². The SMILES string of the molecule is CCC(C)C(C(=O)NC(Cc1ccccc1)C(O)CN(Cc1ccc(OC)cc1)NC(=O)C(NC(=O)OC)C(C)(C)C)N1CCN(Cc2ncc3ccccn23)C1=O. The number of aliphatic hydroxyl groups excluding tert-OH is 1. The molecule has 1 fully saturated rings. The summed E-state index contributed by atoms with van der Waals surface area (Å²) in [6.45, 7) is 10.5. The van der Waals surface area contributed by atoms with E-state index in [1.807, 2.05) is 106 Å². The fourth-order valence-corrected chi connectivity index (χ4v) is 7.17. The van der Waals surface area contributed by atoms with E-state index in [1.54, 1.807) is 40.2 Å². The number of imidazole rings is 1. The van der Waals surface area contributed by atoms with Gasteiger partial charge in [0.15, 0.2) is 0 Å². The number of hydrazine groups is 1. The first-order valence-corrected chi connectivity index (χ1v) is 19.7. The van der Waals surface area contributed by atoms with Crippen LogP contribution in [0.5, 0.6) is 5.75 Å². The minimum atomic E-state index is -1.21. The van der Waals surface area contributed by atoms with Crippen molar-refractivity contribution in [3.05, 3.63) is 102 Å². The van der Waals surface area contributed by atoms with Crippen molar-refractivity contribution in [1.82, 2.24) is 40.3 Å². The molecule has 5 unspecified atom stereocenters. The number of pyridine rings is 1. The van der Waals surface area contributed by atoms with Gasteiger partial charge in [-0.05, 0) is 53.1 Å². The van der Waals surface area contributed by atoms with Gasteiger partial charge in [-0.25, -0.2) is 19.6 Å². The second-order valence-corrected chi connectivity index (χ2v) is 15.9. The highest BCUT2D eigenvalue weighted by atomic mass is 16.5. The van der Waals surface area contributed by atoms with Gasteiger partial charge in [-0.15, -0.1) is 0 Å². The van der Waals surface area contributed by atoms with Gasteiger partial charge in [-0.1, -0.05) is 89.6 Å². The van der Waals surface area contributed by atoms with Gasteiger partial charge in [0, 0.05) is 32.4 Å². The lowest BCUT2D eigenvalue weighted by Gasteiger charge is -2.36. The van der Waals surface area contributed by atoms with Crippen molar-refractivity contribution >= 4 is 29.5 Å². The quantitative estimate of drug-likeness (QED) is 0.107. The highest BCUT2D eigenvalue weighted by Crippen LogP contribution is 2.24. The van der Waals surface area contributed by atoms with Crippen LogP contribution in [0.3, 0.4) is 0 Å². The minimum Gasteiger partial charge on any atom is -0.497 e. The number of methoxy groups -OCH3 is 2. The van der Waals surface area contributed by atoms with Crippen molar-refractivity contribution in [3.63, 3.8) is 0 Å². The third kappa shape index (κ3) is 11.0. The molecule has 5 rings (SSSR count). The molecule has 1 aliphatic rings. The van der Waals surface area contributed by atoms with Crippen molar-refractivity contribution in [2.75, 3.05) is 33.9 Å². The Balaban J connectivity index is 1.39. The Labute approximate surface area is 340 Å². The lowest BCUT2D eigenvalue weighted by atomic mass is 9.86. The Morgan fingerprint density at radius 1 is 0.931 bits per heavy atom. The number of aromatic nitrogens is 2. The average Bonchev–Trinajstić information content (AvgIpc) is 3.78. The number of hydrogen-bond acceptors (Lipinski definition) is 9. The molecule has 4 N–H and O–H groups in total. The summed E-state index contributed by atoms with van der Waals surface area (Å²) in [7, 11) is 2.80. The molecule has 1 aliphatic heterocycles. The van der Waals surface area contributed by atoms with E-state index < -0.39 is 41.6 Å². The van der Waals surface area contributed by atoms with Crippen LogP contribution < -0.4 is 20.8 Å². The number of alkyl carbamates (subject to hydrolysis) is 1. The second-order valence-electron chi connectivity index (χ2n) is 15.9. The van der Waals surface area contributed by atoms with Crippen molar-refractivity contribution < 1.29 is 33.8 Å². The van der Waals surface area contributed by atoms with E-state index in [4.69, 9.17) is 9.47 Å². The standard InChI is InChI=1S/C43H58N8O7/c1-8-29(2)37(51-23-22-48(42(51)56)28-36-44-25-32-16-12-13-21-50(32)36)39(53)45-34(24-30-14-10-9-11-15-30)35(52)27-49(26-31-17-19-33(57-6)20-18-31)47-40(54)38(43(3,4)5)46-41(55)58-7/h9-21,25,29,34-35,37-38,52H,8,22-24,26-28H2,1-7H3,(H,45,53)(H,46,55)(H,47,54). The van der Waals surface area contributed by atoms with Crippen LogP contribution in [0, 0.1) is 11.3 Å². The van der Waals surface area contributed by atoms with E-state index in [1.165, 1.54) is 7.11 Å². The average molecular weight is 799 g/mol. The normalized spacial score (nSPS) is 15.8. The fraction of sp³-hybridized carbons (Fsp3) is 0.465. The number of hydrogen-bond donors (Lipinski definition) is 4. The summed E-state index contributed by atoms with van der Waals surface area (Å²) in [5.41, 5.74) is 4.83. The minimum absolute atomic E-state index is 0.104. The Morgan fingerprint density at radius 3 is 2.29 bits per heavy atom. The Kier molecular flexibility index (Phi) is 14.7. The lowest BCUT2D eigenvalue weighted by Crippen LogP contribution is -2.60. The van der Waals surface area contributed by atoms with Gasteiger partial charge in [-0.2, -0.15) is 0 Å². The molecule has 5 atom stereocenters. The molecular formula is C43H58N8O7. The summed E-state index contributed by atoms with van der Waals surface area (Å²) in [4.78, 5) is 62.6. The van der Waals surface area contributed by atoms with Crippen molar-refractivity contribution in [2.24, 2.45) is 11.3 Å². The van der Waals surface area contributed by atoms with Crippen LogP contribution >= 0.6 is 0 Å². The first kappa shape index (κ1) is 43.5. The van der Waals surface area contributed by atoms with Crippen LogP contribution in [-0.4, -0.2) is 111 Å². The third-order valence-corrected chi connectivity index (χ3v) is 10.6. The van der Waals surface area contributed by atoms with Gasteiger partial charge >= 0.3 is 12.1 Å². The summed E-state index contributed by atoms with van der Waals surface area (Å²) in [5.74, 6) is 0.289. The van der Waals surface area contributed by atoms with Crippen LogP contribution in [0.2, 0.25) is 0 Å². The number of carbonyl (C=O) groups excluding carboxylic acids is 4. The lowest BCUT2D eigenvalue weighted by molar-refractivity contribution is -0.132. The molecule has 0 spiro atoms. The van der Waals surface area contributed by atoms with E-state index in [2.05, 4.69) is 21.0 Å². The number of ether oxygens (including phenoxy) is 2. The first-order valence-electron chi connectivity index (χ1n) is 19.7. The van der Waals surface area contributed by atoms with Gasteiger partial charge in [0.25, 0.3) is 5.91 Å². The summed E-state index contributed by atoms with van der Waals surface area (Å²) in [6, 6.07) is 19.7. The number of amides is 5. The van der Waals surface area contributed by atoms with Gasteiger partial charge in [-0.3, -0.25) is 15.0 Å². The summed E-state index contributed by atoms with van der Waals surface area (Å²) in [5, 5.41) is 19.4. The Bertz CT molecular complexity index is 1980. The van der Waals surface area contributed by atoms with E-state index in [0.29, 0.717) is 31.8 Å². The molecule has 0 radical (unpaired) electrons. The topological polar surface area (TPSA) is 170 Å². The Morgan fingerprint density at radius 2 is 1.64 bits per heavy atom. The van der Waals surface area contributed by atoms with E-state index in [-0.39, 0.29) is 37.4 Å². The van der Waals surface area contributed by atoms with Gasteiger partial charge in [0.05, 0.1) is 44.6 Å². The molecule has 4 aromatic rings. The van der Waals surface area contributed by atoms with Crippen LogP contribution in [0.25, 0.3) is 5.52 Å². The number of carbonyl (C=O) groups is 4. The smallest absolute Gasteiger partial charge is 0.407 e. The van der Waals surface area contributed by atoms with Gasteiger partial charge in [0.1, 0.15) is 23.7 Å². The third-order valence-electron chi connectivity index (χ3n) is 10.6. The molecule has 0 bridgehead atoms. The van der Waals surface area contributed by atoms with E-state index in [0.717, 1.165) is 22.5 Å². The number of nitrogens with zero attached hydrogens (tertiary/aromatic N) is 5. The molecular weight excluding hydrogens is 741 g/mol. The second kappa shape index (κ2) is 19.7. The molecule has 1 saturated heterocycles. The number of benzene rings is 2. The fourth-order valence-electron chi connectivity index (χ4n) is 7.17. The molecule has 15 heteroatoms. The molecule has 5 amide bonds. The zero-order chi connectivity index (χ0) is 42.0. The molecule has 0 aliphatic carbocycles. The molecule has 15 nitrogen and oxygen atoms in total. The van der Waals surface area contributed by atoms with Crippen molar-refractivity contribution in [1.29, 1.82) is 0 Å². The molecule has 3 heterocycles. The monoisotopic (exact) mass is 798 g/mol. The zero-order valence-corrected chi connectivity index (χ0v) is 34.6. The molecule has 58 heavy (non-hydrogen) atoms. The number of aliphatic hydroxyl groups is 1. The predicted molar refractivity (Wildman–Crippen MR) is 219 cm³/mol. The maximum atomic E-state index is 14.5. The largest absolute Gasteiger partial charge is 0.497 e. The number of rotatable bonds is 18. The molecule has 2 aromatic heterocycles. The maximum absolute atomic E-state index is 14.5. The van der Waals surface area contributed by atoms with Crippen molar-refractivity contribution in [3.8, 4) is 5.75 Å². The van der Waals surface area contributed by atoms with E-state index in [9.17, 15) is 24.3 Å².